The molecule has 0 bridgehead atoms. The minimum atomic E-state index is -0.305. The van der Waals surface area contributed by atoms with Crippen LogP contribution in [0.15, 0.2) is 89.9 Å². The molecule has 2 N–H and O–H groups in total. The van der Waals surface area contributed by atoms with Crippen LogP contribution in [0.3, 0.4) is 0 Å². The molecule has 2 amide bonds. The van der Waals surface area contributed by atoms with E-state index in [4.69, 9.17) is 9.15 Å². The van der Waals surface area contributed by atoms with E-state index < -0.39 is 0 Å². The predicted octanol–water partition coefficient (Wildman–Crippen LogP) is 4.83. The number of amides is 2. The van der Waals surface area contributed by atoms with Crippen LogP contribution >= 0.6 is 0 Å². The second-order valence-corrected chi connectivity index (χ2v) is 7.77. The van der Waals surface area contributed by atoms with Crippen molar-refractivity contribution in [1.82, 2.24) is 9.55 Å². The zero-order chi connectivity index (χ0) is 23.3. The fraction of sp³-hybridized carbons (Fsp3) is 0.115. The third-order valence-electron chi connectivity index (χ3n) is 5.30. The number of aromatic nitrogens is 2. The number of para-hydroxylation sites is 1. The molecule has 0 radical (unpaired) electrons. The van der Waals surface area contributed by atoms with E-state index in [1.807, 2.05) is 41.0 Å². The van der Waals surface area contributed by atoms with Gasteiger partial charge in [-0.15, -0.1) is 0 Å². The molecule has 5 rings (SSSR count). The topological polar surface area (TPSA) is 98.4 Å². The minimum Gasteiger partial charge on any atom is -0.484 e. The molecule has 8 heteroatoms. The Balaban J connectivity index is 1.16. The molecule has 0 unspecified atom stereocenters. The lowest BCUT2D eigenvalue weighted by Gasteiger charge is -2.10. The number of carbonyl (C=O) groups is 2. The predicted molar refractivity (Wildman–Crippen MR) is 130 cm³/mol. The fourth-order valence-corrected chi connectivity index (χ4v) is 3.69. The quantitative estimate of drug-likeness (QED) is 0.350. The Hall–Kier alpha value is -4.59. The molecule has 8 nitrogen and oxygen atoms in total. The monoisotopic (exact) mass is 454 g/mol. The number of fused-ring (bicyclic) bond motifs is 3. The van der Waals surface area contributed by atoms with Crippen LogP contribution in [0.1, 0.15) is 6.42 Å². The van der Waals surface area contributed by atoms with E-state index in [0.29, 0.717) is 30.1 Å². The van der Waals surface area contributed by atoms with E-state index in [1.54, 1.807) is 49.1 Å². The van der Waals surface area contributed by atoms with Crippen molar-refractivity contribution in [3.8, 4) is 5.75 Å². The molecule has 0 spiro atoms. The molecule has 170 valence electrons. The van der Waals surface area contributed by atoms with Crippen molar-refractivity contribution in [2.24, 2.45) is 0 Å². The van der Waals surface area contributed by atoms with Gasteiger partial charge in [0.05, 0.1) is 6.33 Å². The summed E-state index contributed by atoms with van der Waals surface area (Å²) in [4.78, 5) is 28.6. The zero-order valence-electron chi connectivity index (χ0n) is 18.2. The molecule has 0 atom stereocenters. The van der Waals surface area contributed by atoms with Gasteiger partial charge in [0.1, 0.15) is 16.9 Å². The first-order chi connectivity index (χ1) is 16.6. The van der Waals surface area contributed by atoms with Gasteiger partial charge in [0.15, 0.2) is 6.61 Å². The van der Waals surface area contributed by atoms with Crippen molar-refractivity contribution >= 4 is 45.1 Å². The van der Waals surface area contributed by atoms with Gasteiger partial charge in [-0.3, -0.25) is 9.59 Å². The highest BCUT2D eigenvalue weighted by atomic mass is 16.5. The summed E-state index contributed by atoms with van der Waals surface area (Å²) in [7, 11) is 0. The van der Waals surface area contributed by atoms with Crippen LogP contribution in [0.5, 0.6) is 5.75 Å². The van der Waals surface area contributed by atoms with Gasteiger partial charge in [-0.1, -0.05) is 24.3 Å². The zero-order valence-corrected chi connectivity index (χ0v) is 18.2. The Morgan fingerprint density at radius 3 is 2.50 bits per heavy atom. The van der Waals surface area contributed by atoms with E-state index in [9.17, 15) is 9.59 Å². The van der Waals surface area contributed by atoms with Crippen molar-refractivity contribution in [1.29, 1.82) is 0 Å². The Morgan fingerprint density at radius 2 is 1.68 bits per heavy atom. The summed E-state index contributed by atoms with van der Waals surface area (Å²) in [6.45, 7) is 0.392. The lowest BCUT2D eigenvalue weighted by Crippen LogP contribution is -2.20. The summed E-state index contributed by atoms with van der Waals surface area (Å²) < 4.78 is 13.3. The van der Waals surface area contributed by atoms with E-state index in [1.165, 1.54) is 0 Å². The van der Waals surface area contributed by atoms with E-state index >= 15 is 0 Å². The highest BCUT2D eigenvalue weighted by Crippen LogP contribution is 2.31. The average molecular weight is 454 g/mol. The molecule has 0 aliphatic carbocycles. The first-order valence-corrected chi connectivity index (χ1v) is 10.8. The fourth-order valence-electron chi connectivity index (χ4n) is 3.69. The molecule has 0 saturated heterocycles. The van der Waals surface area contributed by atoms with Gasteiger partial charge >= 0.3 is 0 Å². The van der Waals surface area contributed by atoms with Gasteiger partial charge in [-0.2, -0.15) is 0 Å². The van der Waals surface area contributed by atoms with E-state index in [-0.39, 0.29) is 18.4 Å². The van der Waals surface area contributed by atoms with Crippen LogP contribution < -0.4 is 15.4 Å². The van der Waals surface area contributed by atoms with Crippen molar-refractivity contribution < 1.29 is 18.7 Å². The van der Waals surface area contributed by atoms with Crippen LogP contribution in [-0.4, -0.2) is 28.0 Å². The molecule has 0 aliphatic rings. The van der Waals surface area contributed by atoms with Crippen LogP contribution in [0.2, 0.25) is 0 Å². The average Bonchev–Trinajstić information content (AvgIpc) is 3.49. The smallest absolute Gasteiger partial charge is 0.262 e. The first kappa shape index (κ1) is 21.3. The molecule has 2 heterocycles. The van der Waals surface area contributed by atoms with Crippen molar-refractivity contribution in [2.45, 2.75) is 13.0 Å². The number of carbonyl (C=O) groups excluding carboxylic acids is 2. The standard InChI is InChI=1S/C26H22N4O4/c31-25(10-12-30-13-11-27-17-30)28-18-4-3-5-19(14-18)29-26(32)16-33-20-8-9-24-22(15-20)21-6-1-2-7-23(21)34-24/h1-9,11,13-15,17H,10,12,16H2,(H,28,31)(H,29,32). The molecule has 0 fully saturated rings. The second kappa shape index (κ2) is 9.50. The number of hydrogen-bond donors (Lipinski definition) is 2. The SMILES string of the molecule is O=C(CCn1ccnc1)Nc1cccc(NC(=O)COc2ccc3oc4ccccc4c3c2)c1. The molecule has 0 saturated carbocycles. The highest BCUT2D eigenvalue weighted by Gasteiger charge is 2.10. The summed E-state index contributed by atoms with van der Waals surface area (Å²) in [6.07, 6.45) is 5.46. The molecule has 0 aliphatic heterocycles. The number of ether oxygens (including phenoxy) is 1. The normalized spacial score (nSPS) is 10.9. The Bertz CT molecular complexity index is 1460. The number of hydrogen-bond acceptors (Lipinski definition) is 5. The van der Waals surface area contributed by atoms with Gasteiger partial charge in [0.2, 0.25) is 5.91 Å². The maximum Gasteiger partial charge on any atom is 0.262 e. The molecular weight excluding hydrogens is 432 g/mol. The van der Waals surface area contributed by atoms with Gasteiger partial charge < -0.3 is 24.4 Å². The number of aryl methyl sites for hydroxylation is 1. The van der Waals surface area contributed by atoms with Crippen molar-refractivity contribution in [2.75, 3.05) is 17.2 Å². The lowest BCUT2D eigenvalue weighted by molar-refractivity contribution is -0.118. The highest BCUT2D eigenvalue weighted by molar-refractivity contribution is 6.05. The minimum absolute atomic E-state index is 0.123. The summed E-state index contributed by atoms with van der Waals surface area (Å²) in [6, 6.07) is 20.3. The Kier molecular flexibility index (Phi) is 5.94. The summed E-state index contributed by atoms with van der Waals surface area (Å²) in [5, 5.41) is 7.57. The van der Waals surface area contributed by atoms with Gasteiger partial charge in [-0.05, 0) is 42.5 Å². The molecule has 5 aromatic rings. The van der Waals surface area contributed by atoms with Crippen LogP contribution in [-0.2, 0) is 16.1 Å². The van der Waals surface area contributed by atoms with Crippen LogP contribution in [0.25, 0.3) is 21.9 Å². The summed E-state index contributed by atoms with van der Waals surface area (Å²) in [5.41, 5.74) is 2.74. The largest absolute Gasteiger partial charge is 0.484 e. The van der Waals surface area contributed by atoms with Crippen LogP contribution in [0.4, 0.5) is 11.4 Å². The van der Waals surface area contributed by atoms with Gasteiger partial charge in [0.25, 0.3) is 5.91 Å². The van der Waals surface area contributed by atoms with E-state index in [0.717, 1.165) is 21.9 Å². The number of imidazole rings is 1. The van der Waals surface area contributed by atoms with Crippen LogP contribution in [0, 0.1) is 0 Å². The second-order valence-electron chi connectivity index (χ2n) is 7.77. The Labute approximate surface area is 195 Å². The third-order valence-corrected chi connectivity index (χ3v) is 5.30. The number of anilines is 2. The van der Waals surface area contributed by atoms with Gasteiger partial charge in [-0.25, -0.2) is 4.98 Å². The number of benzene rings is 3. The first-order valence-electron chi connectivity index (χ1n) is 10.8. The molecule has 2 aromatic heterocycles. The summed E-state index contributed by atoms with van der Waals surface area (Å²) in [5.74, 6) is 0.150. The maximum atomic E-state index is 12.4. The summed E-state index contributed by atoms with van der Waals surface area (Å²) >= 11 is 0. The number of nitrogens with zero attached hydrogens (tertiary/aromatic N) is 2. The third kappa shape index (κ3) is 4.91. The molecule has 34 heavy (non-hydrogen) atoms. The van der Waals surface area contributed by atoms with E-state index in [2.05, 4.69) is 15.6 Å². The number of furan rings is 1. The lowest BCUT2D eigenvalue weighted by atomic mass is 10.1. The molecular formula is C26H22N4O4. The Morgan fingerprint density at radius 1 is 0.882 bits per heavy atom. The maximum absolute atomic E-state index is 12.4. The van der Waals surface area contributed by atoms with Crippen molar-refractivity contribution in [3.63, 3.8) is 0 Å². The van der Waals surface area contributed by atoms with Crippen molar-refractivity contribution in [3.05, 3.63) is 85.5 Å². The molecule has 3 aromatic carbocycles. The number of nitrogens with one attached hydrogen (secondary N) is 2. The number of rotatable bonds is 8. The van der Waals surface area contributed by atoms with Gasteiger partial charge in [0, 0.05) is 47.5 Å².